The predicted molar refractivity (Wildman–Crippen MR) is 80.8 cm³/mol. The van der Waals surface area contributed by atoms with Crippen LogP contribution < -0.4 is 5.32 Å². The highest BCUT2D eigenvalue weighted by Gasteiger charge is 2.19. The van der Waals surface area contributed by atoms with E-state index in [9.17, 15) is 0 Å². The quantitative estimate of drug-likeness (QED) is 0.923. The minimum absolute atomic E-state index is 0.362. The van der Waals surface area contributed by atoms with E-state index in [4.69, 9.17) is 10.00 Å². The van der Waals surface area contributed by atoms with Crippen LogP contribution in [0.5, 0.6) is 0 Å². The molecule has 0 bridgehead atoms. The zero-order valence-electron chi connectivity index (χ0n) is 12.6. The van der Waals surface area contributed by atoms with Gasteiger partial charge in [0, 0.05) is 25.6 Å². The van der Waals surface area contributed by atoms with E-state index >= 15 is 0 Å². The molecule has 1 unspecified atom stereocenters. The topological polar surface area (TPSA) is 75.8 Å². The Bertz CT molecular complexity index is 688. The van der Waals surface area contributed by atoms with E-state index in [2.05, 4.69) is 21.7 Å². The number of ether oxygens (including phenoxy) is 1. The average molecular weight is 297 g/mol. The molecule has 2 heterocycles. The summed E-state index contributed by atoms with van der Waals surface area (Å²) < 4.78 is 7.68. The average Bonchev–Trinajstić information content (AvgIpc) is 2.76. The van der Waals surface area contributed by atoms with Gasteiger partial charge in [0.15, 0.2) is 0 Å². The molecule has 1 atom stereocenters. The fourth-order valence-corrected chi connectivity index (χ4v) is 2.66. The van der Waals surface area contributed by atoms with E-state index in [-0.39, 0.29) is 0 Å². The van der Waals surface area contributed by atoms with Crippen LogP contribution in [0.4, 0.5) is 0 Å². The molecule has 0 aliphatic carbocycles. The Kier molecular flexibility index (Phi) is 4.47. The molecule has 0 fully saturated rings. The molecule has 1 aliphatic rings. The SMILES string of the molecule is Cc1nnn2c1COCC(CNCc1cccc(C#N)c1)C2. The zero-order valence-corrected chi connectivity index (χ0v) is 12.6. The van der Waals surface area contributed by atoms with Crippen LogP contribution in [-0.2, 0) is 24.4 Å². The van der Waals surface area contributed by atoms with Gasteiger partial charge in [-0.2, -0.15) is 5.26 Å². The van der Waals surface area contributed by atoms with Crippen molar-refractivity contribution in [3.63, 3.8) is 0 Å². The summed E-state index contributed by atoms with van der Waals surface area (Å²) in [4.78, 5) is 0. The summed E-state index contributed by atoms with van der Waals surface area (Å²) in [7, 11) is 0. The van der Waals surface area contributed by atoms with E-state index in [0.717, 1.165) is 36.6 Å². The lowest BCUT2D eigenvalue weighted by Crippen LogP contribution is -2.28. The Morgan fingerprint density at radius 3 is 3.27 bits per heavy atom. The molecule has 6 heteroatoms. The largest absolute Gasteiger partial charge is 0.375 e. The van der Waals surface area contributed by atoms with Gasteiger partial charge in [-0.3, -0.25) is 0 Å². The van der Waals surface area contributed by atoms with Crippen molar-refractivity contribution >= 4 is 0 Å². The number of nitrogens with zero attached hydrogens (tertiary/aromatic N) is 4. The van der Waals surface area contributed by atoms with E-state index in [0.29, 0.717) is 24.7 Å². The third-order valence-corrected chi connectivity index (χ3v) is 3.87. The van der Waals surface area contributed by atoms with E-state index in [1.165, 1.54) is 0 Å². The van der Waals surface area contributed by atoms with Crippen LogP contribution in [0.1, 0.15) is 22.5 Å². The number of fused-ring (bicyclic) bond motifs is 1. The van der Waals surface area contributed by atoms with Gasteiger partial charge < -0.3 is 10.1 Å². The number of aryl methyl sites for hydroxylation is 1. The first-order valence-corrected chi connectivity index (χ1v) is 7.42. The molecule has 0 amide bonds. The molecule has 0 saturated carbocycles. The highest BCUT2D eigenvalue weighted by atomic mass is 16.5. The molecule has 0 saturated heterocycles. The first-order valence-electron chi connectivity index (χ1n) is 7.42. The van der Waals surface area contributed by atoms with Gasteiger partial charge in [-0.15, -0.1) is 5.10 Å². The molecule has 2 aromatic rings. The molecule has 3 rings (SSSR count). The number of benzene rings is 1. The minimum atomic E-state index is 0.362. The predicted octanol–water partition coefficient (Wildman–Crippen LogP) is 1.39. The molecule has 6 nitrogen and oxygen atoms in total. The summed E-state index contributed by atoms with van der Waals surface area (Å²) in [5.74, 6) is 0.362. The Hall–Kier alpha value is -2.23. The lowest BCUT2D eigenvalue weighted by Gasteiger charge is -2.15. The number of nitrogens with one attached hydrogen (secondary N) is 1. The van der Waals surface area contributed by atoms with Crippen molar-refractivity contribution in [1.82, 2.24) is 20.3 Å². The molecule has 22 heavy (non-hydrogen) atoms. The molecule has 0 radical (unpaired) electrons. The molecule has 1 aromatic carbocycles. The van der Waals surface area contributed by atoms with Crippen molar-refractivity contribution in [2.45, 2.75) is 26.6 Å². The number of aromatic nitrogens is 3. The minimum Gasteiger partial charge on any atom is -0.375 e. The molecular formula is C16H19N5O. The maximum Gasteiger partial charge on any atom is 0.0991 e. The van der Waals surface area contributed by atoms with Crippen LogP contribution in [0, 0.1) is 24.2 Å². The van der Waals surface area contributed by atoms with Crippen LogP contribution in [0.2, 0.25) is 0 Å². The third kappa shape index (κ3) is 3.32. The van der Waals surface area contributed by atoms with Gasteiger partial charge in [-0.25, -0.2) is 4.68 Å². The molecule has 1 N–H and O–H groups in total. The first kappa shape index (κ1) is 14.7. The first-order chi connectivity index (χ1) is 10.8. The van der Waals surface area contributed by atoms with Crippen molar-refractivity contribution in [2.75, 3.05) is 13.2 Å². The van der Waals surface area contributed by atoms with Gasteiger partial charge in [-0.05, 0) is 24.6 Å². The van der Waals surface area contributed by atoms with Crippen LogP contribution in [0.3, 0.4) is 0 Å². The van der Waals surface area contributed by atoms with Gasteiger partial charge >= 0.3 is 0 Å². The highest BCUT2D eigenvalue weighted by molar-refractivity contribution is 5.32. The van der Waals surface area contributed by atoms with Gasteiger partial charge in [0.25, 0.3) is 0 Å². The summed E-state index contributed by atoms with van der Waals surface area (Å²) in [5.41, 5.74) is 3.83. The van der Waals surface area contributed by atoms with Crippen molar-refractivity contribution in [3.8, 4) is 6.07 Å². The number of hydrogen-bond donors (Lipinski definition) is 1. The van der Waals surface area contributed by atoms with E-state index in [1.807, 2.05) is 35.9 Å². The standard InChI is InChI=1S/C16H19N5O/c1-12-16-11-22-10-15(9-21(16)20-19-12)8-18-7-14-4-2-3-13(5-14)6-17/h2-5,15,18H,7-11H2,1H3. The Morgan fingerprint density at radius 1 is 1.50 bits per heavy atom. The molecular weight excluding hydrogens is 278 g/mol. The van der Waals surface area contributed by atoms with Crippen LogP contribution in [0.15, 0.2) is 24.3 Å². The smallest absolute Gasteiger partial charge is 0.0991 e. The van der Waals surface area contributed by atoms with Crippen molar-refractivity contribution in [1.29, 1.82) is 5.26 Å². The second-order valence-corrected chi connectivity index (χ2v) is 5.63. The summed E-state index contributed by atoms with van der Waals surface area (Å²) >= 11 is 0. The highest BCUT2D eigenvalue weighted by Crippen LogP contribution is 2.14. The lowest BCUT2D eigenvalue weighted by atomic mass is 10.1. The Morgan fingerprint density at radius 2 is 2.41 bits per heavy atom. The Labute approximate surface area is 129 Å². The van der Waals surface area contributed by atoms with Crippen molar-refractivity contribution < 1.29 is 4.74 Å². The van der Waals surface area contributed by atoms with E-state index < -0.39 is 0 Å². The summed E-state index contributed by atoms with van der Waals surface area (Å²) in [6.07, 6.45) is 0. The van der Waals surface area contributed by atoms with Gasteiger partial charge in [0.05, 0.1) is 36.2 Å². The molecule has 1 aromatic heterocycles. The fourth-order valence-electron chi connectivity index (χ4n) is 2.66. The summed E-state index contributed by atoms with van der Waals surface area (Å²) in [6.45, 7) is 5.67. The normalized spacial score (nSPS) is 17.5. The van der Waals surface area contributed by atoms with Gasteiger partial charge in [-0.1, -0.05) is 17.3 Å². The molecule has 114 valence electrons. The maximum absolute atomic E-state index is 8.91. The van der Waals surface area contributed by atoms with Crippen molar-refractivity contribution in [3.05, 3.63) is 46.8 Å². The van der Waals surface area contributed by atoms with E-state index in [1.54, 1.807) is 0 Å². The molecule has 0 spiro atoms. The van der Waals surface area contributed by atoms with Gasteiger partial charge in [0.2, 0.25) is 0 Å². The van der Waals surface area contributed by atoms with Crippen LogP contribution in [-0.4, -0.2) is 28.1 Å². The molecule has 1 aliphatic heterocycles. The summed E-state index contributed by atoms with van der Waals surface area (Å²) in [6, 6.07) is 9.83. The number of hydrogen-bond acceptors (Lipinski definition) is 5. The summed E-state index contributed by atoms with van der Waals surface area (Å²) in [5, 5.41) is 20.6. The second kappa shape index (κ2) is 6.69. The van der Waals surface area contributed by atoms with Crippen LogP contribution >= 0.6 is 0 Å². The lowest BCUT2D eigenvalue weighted by molar-refractivity contribution is 0.0936. The number of nitriles is 1. The third-order valence-electron chi connectivity index (χ3n) is 3.87. The number of rotatable bonds is 4. The Balaban J connectivity index is 1.54. The maximum atomic E-state index is 8.91. The zero-order chi connectivity index (χ0) is 15.4. The monoisotopic (exact) mass is 297 g/mol. The van der Waals surface area contributed by atoms with Crippen LogP contribution in [0.25, 0.3) is 0 Å². The van der Waals surface area contributed by atoms with Gasteiger partial charge in [0.1, 0.15) is 0 Å². The fraction of sp³-hybridized carbons (Fsp3) is 0.438. The van der Waals surface area contributed by atoms with Crippen molar-refractivity contribution in [2.24, 2.45) is 5.92 Å². The second-order valence-electron chi connectivity index (χ2n) is 5.63.